The van der Waals surface area contributed by atoms with Crippen molar-refractivity contribution in [3.63, 3.8) is 0 Å². The number of nitrogens with one attached hydrogen (secondary N) is 1. The third-order valence-corrected chi connectivity index (χ3v) is 5.13. The first kappa shape index (κ1) is 15.4. The van der Waals surface area contributed by atoms with Crippen LogP contribution in [-0.2, 0) is 11.2 Å². The van der Waals surface area contributed by atoms with Crippen molar-refractivity contribution in [2.75, 3.05) is 6.54 Å². The highest BCUT2D eigenvalue weighted by Crippen LogP contribution is 2.26. The molecule has 20 heavy (non-hydrogen) atoms. The summed E-state index contributed by atoms with van der Waals surface area (Å²) in [4.78, 5) is 16.4. The minimum Gasteiger partial charge on any atom is -0.356 e. The lowest BCUT2D eigenvalue weighted by Crippen LogP contribution is -2.32. The Balaban J connectivity index is 1.68. The molecule has 5 heteroatoms. The van der Waals surface area contributed by atoms with E-state index in [1.165, 1.54) is 5.01 Å². The van der Waals surface area contributed by atoms with E-state index in [2.05, 4.69) is 29.5 Å². The van der Waals surface area contributed by atoms with E-state index in [-0.39, 0.29) is 11.9 Å². The molecule has 0 unspecified atom stereocenters. The van der Waals surface area contributed by atoms with Gasteiger partial charge in [-0.3, -0.25) is 4.79 Å². The van der Waals surface area contributed by atoms with Crippen molar-refractivity contribution in [3.05, 3.63) is 16.1 Å². The average molecular weight is 295 g/mol. The lowest BCUT2D eigenvalue weighted by Gasteiger charge is -2.14. The minimum atomic E-state index is 0.131. The van der Waals surface area contributed by atoms with Gasteiger partial charge in [0, 0.05) is 36.7 Å². The van der Waals surface area contributed by atoms with Gasteiger partial charge in [0.15, 0.2) is 0 Å². The van der Waals surface area contributed by atoms with Crippen molar-refractivity contribution < 1.29 is 4.79 Å². The molecule has 1 amide bonds. The number of hydrogen-bond donors (Lipinski definition) is 2. The highest BCUT2D eigenvalue weighted by molar-refractivity contribution is 7.09. The van der Waals surface area contributed by atoms with Crippen molar-refractivity contribution in [3.8, 4) is 0 Å². The molecule has 112 valence electrons. The van der Waals surface area contributed by atoms with E-state index in [1.807, 2.05) is 0 Å². The topological polar surface area (TPSA) is 68.0 Å². The monoisotopic (exact) mass is 295 g/mol. The Hall–Kier alpha value is -0.940. The normalized spacial score (nSPS) is 22.4. The Morgan fingerprint density at radius 3 is 2.95 bits per heavy atom. The molecule has 0 bridgehead atoms. The lowest BCUT2D eigenvalue weighted by atomic mass is 10.00. The van der Waals surface area contributed by atoms with Crippen molar-refractivity contribution in [2.45, 2.75) is 57.9 Å². The first-order chi connectivity index (χ1) is 9.56. The van der Waals surface area contributed by atoms with Gasteiger partial charge in [-0.05, 0) is 18.8 Å². The maximum atomic E-state index is 11.9. The van der Waals surface area contributed by atoms with Gasteiger partial charge in [-0.2, -0.15) is 0 Å². The molecule has 0 radical (unpaired) electrons. The first-order valence-electron chi connectivity index (χ1n) is 7.53. The van der Waals surface area contributed by atoms with Gasteiger partial charge in [0.1, 0.15) is 0 Å². The molecular formula is C15H25N3OS. The van der Waals surface area contributed by atoms with E-state index in [0.29, 0.717) is 24.8 Å². The second-order valence-electron chi connectivity index (χ2n) is 5.99. The van der Waals surface area contributed by atoms with Gasteiger partial charge in [0.25, 0.3) is 0 Å². The molecule has 1 aromatic heterocycles. The standard InChI is InChI=1S/C15H25N3OS/c1-10(2)15-18-12(9-20-15)6-7-17-14(19)8-11-4-3-5-13(11)16/h9-11,13H,3-8,16H2,1-2H3,(H,17,19)/t11-,13+/m0/s1. The fourth-order valence-corrected chi connectivity index (χ4v) is 3.53. The number of hydrogen-bond acceptors (Lipinski definition) is 4. The maximum Gasteiger partial charge on any atom is 0.220 e. The molecule has 2 atom stereocenters. The molecule has 1 aliphatic rings. The van der Waals surface area contributed by atoms with Crippen LogP contribution in [0.5, 0.6) is 0 Å². The molecule has 0 spiro atoms. The second-order valence-corrected chi connectivity index (χ2v) is 6.88. The molecule has 1 aliphatic carbocycles. The first-order valence-corrected chi connectivity index (χ1v) is 8.40. The molecule has 3 N–H and O–H groups in total. The van der Waals surface area contributed by atoms with Gasteiger partial charge >= 0.3 is 0 Å². The molecule has 1 aromatic rings. The Bertz CT molecular complexity index is 444. The predicted molar refractivity (Wildman–Crippen MR) is 82.9 cm³/mol. The summed E-state index contributed by atoms with van der Waals surface area (Å²) >= 11 is 1.70. The van der Waals surface area contributed by atoms with Crippen LogP contribution in [0.4, 0.5) is 0 Å². The molecular weight excluding hydrogens is 270 g/mol. The Morgan fingerprint density at radius 1 is 1.55 bits per heavy atom. The third-order valence-electron chi connectivity index (χ3n) is 3.93. The van der Waals surface area contributed by atoms with Gasteiger partial charge in [0.2, 0.25) is 5.91 Å². The van der Waals surface area contributed by atoms with Crippen molar-refractivity contribution >= 4 is 17.2 Å². The number of carbonyl (C=O) groups is 1. The number of amides is 1. The molecule has 1 fully saturated rings. The van der Waals surface area contributed by atoms with Gasteiger partial charge in [0.05, 0.1) is 10.7 Å². The number of rotatable bonds is 6. The van der Waals surface area contributed by atoms with Crippen LogP contribution in [0.1, 0.15) is 56.2 Å². The smallest absolute Gasteiger partial charge is 0.220 e. The Labute approximate surface area is 125 Å². The zero-order valence-electron chi connectivity index (χ0n) is 12.4. The fourth-order valence-electron chi connectivity index (χ4n) is 2.66. The number of nitrogens with two attached hydrogens (primary N) is 1. The summed E-state index contributed by atoms with van der Waals surface area (Å²) in [7, 11) is 0. The molecule has 0 aromatic carbocycles. The van der Waals surface area contributed by atoms with Crippen LogP contribution in [0, 0.1) is 5.92 Å². The van der Waals surface area contributed by atoms with Crippen LogP contribution in [0.15, 0.2) is 5.38 Å². The summed E-state index contributed by atoms with van der Waals surface area (Å²) in [6.07, 6.45) is 4.71. The molecule has 1 saturated carbocycles. The predicted octanol–water partition coefficient (Wildman–Crippen LogP) is 2.44. The van der Waals surface area contributed by atoms with Gasteiger partial charge in [-0.15, -0.1) is 11.3 Å². The van der Waals surface area contributed by atoms with E-state index in [4.69, 9.17) is 5.73 Å². The zero-order chi connectivity index (χ0) is 14.5. The summed E-state index contributed by atoms with van der Waals surface area (Å²) in [5, 5.41) is 6.25. The second kappa shape index (κ2) is 7.18. The molecule has 1 heterocycles. The van der Waals surface area contributed by atoms with Crippen LogP contribution >= 0.6 is 11.3 Å². The quantitative estimate of drug-likeness (QED) is 0.847. The summed E-state index contributed by atoms with van der Waals surface area (Å²) in [6, 6.07) is 0.216. The molecule has 0 aliphatic heterocycles. The Morgan fingerprint density at radius 2 is 2.35 bits per heavy atom. The Kier molecular flexibility index (Phi) is 5.54. The maximum absolute atomic E-state index is 11.9. The van der Waals surface area contributed by atoms with Crippen LogP contribution in [0.2, 0.25) is 0 Å². The fraction of sp³-hybridized carbons (Fsp3) is 0.733. The van der Waals surface area contributed by atoms with E-state index in [1.54, 1.807) is 11.3 Å². The van der Waals surface area contributed by atoms with Gasteiger partial charge in [-0.1, -0.05) is 20.3 Å². The summed E-state index contributed by atoms with van der Waals surface area (Å²) in [5.41, 5.74) is 7.07. The van der Waals surface area contributed by atoms with Crippen LogP contribution in [-0.4, -0.2) is 23.5 Å². The average Bonchev–Trinajstić information content (AvgIpc) is 3.00. The van der Waals surface area contributed by atoms with Crippen molar-refractivity contribution in [2.24, 2.45) is 11.7 Å². The number of thiazole rings is 1. The summed E-state index contributed by atoms with van der Waals surface area (Å²) in [5.74, 6) is 0.987. The summed E-state index contributed by atoms with van der Waals surface area (Å²) in [6.45, 7) is 4.96. The van der Waals surface area contributed by atoms with Gasteiger partial charge < -0.3 is 11.1 Å². The van der Waals surface area contributed by atoms with Crippen molar-refractivity contribution in [1.82, 2.24) is 10.3 Å². The third kappa shape index (κ3) is 4.28. The number of carbonyl (C=O) groups excluding carboxylic acids is 1. The van der Waals surface area contributed by atoms with Crippen molar-refractivity contribution in [1.29, 1.82) is 0 Å². The van der Waals surface area contributed by atoms with Gasteiger partial charge in [-0.25, -0.2) is 4.98 Å². The highest BCUT2D eigenvalue weighted by atomic mass is 32.1. The summed E-state index contributed by atoms with van der Waals surface area (Å²) < 4.78 is 0. The van der Waals surface area contributed by atoms with E-state index in [9.17, 15) is 4.79 Å². The minimum absolute atomic E-state index is 0.131. The number of nitrogens with zero attached hydrogens (tertiary/aromatic N) is 1. The van der Waals surface area contributed by atoms with E-state index >= 15 is 0 Å². The molecule has 0 saturated heterocycles. The number of aromatic nitrogens is 1. The van der Waals surface area contributed by atoms with E-state index in [0.717, 1.165) is 31.4 Å². The molecule has 2 rings (SSSR count). The van der Waals surface area contributed by atoms with Crippen LogP contribution in [0.3, 0.4) is 0 Å². The lowest BCUT2D eigenvalue weighted by molar-refractivity contribution is -0.122. The highest BCUT2D eigenvalue weighted by Gasteiger charge is 2.25. The molecule has 4 nitrogen and oxygen atoms in total. The van der Waals surface area contributed by atoms with Crippen LogP contribution in [0.25, 0.3) is 0 Å². The SMILES string of the molecule is CC(C)c1nc(CCNC(=O)C[C@@H]2CCC[C@H]2N)cs1. The van der Waals surface area contributed by atoms with Crippen LogP contribution < -0.4 is 11.1 Å². The zero-order valence-corrected chi connectivity index (χ0v) is 13.2. The largest absolute Gasteiger partial charge is 0.356 e. The van der Waals surface area contributed by atoms with E-state index < -0.39 is 0 Å².